The number of hydrogen-bond donors (Lipinski definition) is 3. The second kappa shape index (κ2) is 35.4. The number of esters is 2. The molecule has 1 aromatic rings. The van der Waals surface area contributed by atoms with Crippen molar-refractivity contribution in [1.82, 2.24) is 0 Å². The molecule has 0 aliphatic carbocycles. The number of allylic oxidation sites excluding steroid dienone is 5. The SMILES string of the molecule is CCCCC/C=C\C[C@@H](O)/C=C/C=C/C=C\[C@@H](O)CCCC(=O)OC[C@H](COP(=O)(O)OCC[N+](C)(C)C)OC(=O)CCCCCCCCCCc1oc(CCCCC)c(C)c1C. The monoisotopic (exact) mass is 909 g/mol. The van der Waals surface area contributed by atoms with Gasteiger partial charge in [-0.1, -0.05) is 127 Å². The van der Waals surface area contributed by atoms with E-state index in [1.54, 1.807) is 36.5 Å². The lowest BCUT2D eigenvalue weighted by molar-refractivity contribution is -0.870. The summed E-state index contributed by atoms with van der Waals surface area (Å²) < 4.78 is 40.5. The molecule has 0 radical (unpaired) electrons. The highest BCUT2D eigenvalue weighted by Crippen LogP contribution is 2.43. The van der Waals surface area contributed by atoms with Crippen molar-refractivity contribution in [1.29, 1.82) is 0 Å². The molecule has 3 N–H and O–H groups in total. The fourth-order valence-corrected chi connectivity index (χ4v) is 7.36. The van der Waals surface area contributed by atoms with Crippen LogP contribution < -0.4 is 0 Å². The molecule has 63 heavy (non-hydrogen) atoms. The number of nitrogens with zero attached hydrogens (tertiary/aromatic N) is 1. The van der Waals surface area contributed by atoms with Crippen molar-refractivity contribution in [3.8, 4) is 0 Å². The Morgan fingerprint density at radius 2 is 1.24 bits per heavy atom. The molecular weight excluding hydrogens is 822 g/mol. The molecule has 0 amide bonds. The van der Waals surface area contributed by atoms with E-state index in [2.05, 4.69) is 33.8 Å². The molecule has 4 atom stereocenters. The first-order chi connectivity index (χ1) is 30.1. The van der Waals surface area contributed by atoms with E-state index in [1.807, 2.05) is 27.2 Å². The predicted molar refractivity (Wildman–Crippen MR) is 253 cm³/mol. The molecule has 0 fully saturated rings. The summed E-state index contributed by atoms with van der Waals surface area (Å²) in [5.74, 6) is 1.24. The van der Waals surface area contributed by atoms with Crippen LogP contribution in [0, 0.1) is 13.8 Å². The van der Waals surface area contributed by atoms with Gasteiger partial charge in [0.2, 0.25) is 0 Å². The van der Waals surface area contributed by atoms with Gasteiger partial charge in [-0.3, -0.25) is 18.6 Å². The summed E-state index contributed by atoms with van der Waals surface area (Å²) in [6.07, 6.45) is 31.9. The number of unbranched alkanes of at least 4 members (excludes halogenated alkanes) is 12. The maximum absolute atomic E-state index is 12.8. The van der Waals surface area contributed by atoms with Gasteiger partial charge in [0.25, 0.3) is 0 Å². The summed E-state index contributed by atoms with van der Waals surface area (Å²) in [5.41, 5.74) is 2.63. The van der Waals surface area contributed by atoms with Gasteiger partial charge < -0.3 is 33.5 Å². The number of aryl methyl sites for hydroxylation is 2. The first kappa shape index (κ1) is 58.2. The lowest BCUT2D eigenvalue weighted by Gasteiger charge is -2.24. The number of aliphatic hydroxyl groups is 2. The van der Waals surface area contributed by atoms with Gasteiger partial charge in [0.15, 0.2) is 6.10 Å². The molecule has 0 saturated carbocycles. The molecule has 13 heteroatoms. The Hall–Kier alpha value is -2.83. The van der Waals surface area contributed by atoms with Crippen LogP contribution in [0.3, 0.4) is 0 Å². The summed E-state index contributed by atoms with van der Waals surface area (Å²) in [6.45, 7) is 8.36. The third-order valence-electron chi connectivity index (χ3n) is 10.8. The average molecular weight is 909 g/mol. The molecule has 0 aromatic carbocycles. The molecule has 12 nitrogen and oxygen atoms in total. The lowest BCUT2D eigenvalue weighted by atomic mass is 10.0. The number of hydrogen-bond acceptors (Lipinski definition) is 10. The zero-order valence-corrected chi connectivity index (χ0v) is 41.1. The number of phosphoric acid groups is 1. The summed E-state index contributed by atoms with van der Waals surface area (Å²) in [4.78, 5) is 35.6. The first-order valence-corrected chi connectivity index (χ1v) is 25.4. The van der Waals surface area contributed by atoms with Crippen molar-refractivity contribution >= 4 is 19.8 Å². The molecule has 1 unspecified atom stereocenters. The minimum Gasteiger partial charge on any atom is -0.466 e. The molecule has 0 saturated heterocycles. The number of furan rings is 1. The molecule has 0 aliphatic rings. The van der Waals surface area contributed by atoms with Crippen LogP contribution in [0.4, 0.5) is 0 Å². The number of likely N-dealkylation sites (N-methyl/N-ethyl adjacent to an activating group) is 1. The Balaban J connectivity index is 2.45. The fourth-order valence-electron chi connectivity index (χ4n) is 6.62. The van der Waals surface area contributed by atoms with Crippen LogP contribution in [0.25, 0.3) is 0 Å². The zero-order chi connectivity index (χ0) is 46.8. The Kier molecular flexibility index (Phi) is 32.7. The standard InChI is InChI=1S/C50H86NO11P/c1-8-10-12-13-18-24-30-44(52)31-25-21-22-26-32-45(53)33-29-37-49(54)58-40-46(41-60-63(56,57)59-39-38-51(5,6)7)61-50(55)36-28-20-17-15-14-16-19-27-35-48-43(4)42(3)47(62-48)34-23-11-9-2/h18,21-22,24-26,31-32,44-46,52-53H,8-17,19-20,23,27-30,33-41H2,1-7H3/p+1/b22-21+,24-18-,31-25+,32-26-/t44-,45-,46-/m1/s1. The molecule has 362 valence electrons. The van der Waals surface area contributed by atoms with Crippen molar-refractivity contribution in [2.45, 2.75) is 187 Å². The lowest BCUT2D eigenvalue weighted by Crippen LogP contribution is -2.37. The second-order valence-corrected chi connectivity index (χ2v) is 19.2. The van der Waals surface area contributed by atoms with Gasteiger partial charge >= 0.3 is 19.8 Å². The normalized spacial score (nSPS) is 14.9. The Labute approximate surface area is 381 Å². The van der Waals surface area contributed by atoms with Crippen LogP contribution in [-0.4, -0.2) is 97.3 Å². The topological polar surface area (TPSA) is 162 Å². The Morgan fingerprint density at radius 3 is 1.86 bits per heavy atom. The van der Waals surface area contributed by atoms with Crippen molar-refractivity contribution in [2.24, 2.45) is 0 Å². The molecule has 1 heterocycles. The van der Waals surface area contributed by atoms with E-state index in [0.717, 1.165) is 75.7 Å². The number of rotatable bonds is 39. The third kappa shape index (κ3) is 32.5. The van der Waals surface area contributed by atoms with Crippen molar-refractivity contribution in [3.63, 3.8) is 0 Å². The summed E-state index contributed by atoms with van der Waals surface area (Å²) in [6, 6.07) is 0. The van der Waals surface area contributed by atoms with E-state index in [9.17, 15) is 29.3 Å². The minimum absolute atomic E-state index is 0.0169. The van der Waals surface area contributed by atoms with Crippen LogP contribution >= 0.6 is 7.82 Å². The largest absolute Gasteiger partial charge is 0.472 e. The number of phosphoric ester groups is 1. The molecule has 0 spiro atoms. The fraction of sp³-hybridized carbons (Fsp3) is 0.720. The third-order valence-corrected chi connectivity index (χ3v) is 11.7. The second-order valence-electron chi connectivity index (χ2n) is 17.8. The van der Waals surface area contributed by atoms with Gasteiger partial charge in [-0.25, -0.2) is 4.57 Å². The number of carbonyl (C=O) groups is 2. The summed E-state index contributed by atoms with van der Waals surface area (Å²) in [7, 11) is 1.31. The van der Waals surface area contributed by atoms with E-state index < -0.39 is 44.7 Å². The van der Waals surface area contributed by atoms with E-state index in [0.29, 0.717) is 36.7 Å². The van der Waals surface area contributed by atoms with Crippen LogP contribution in [0.15, 0.2) is 53.0 Å². The van der Waals surface area contributed by atoms with Crippen molar-refractivity contribution in [2.75, 3.05) is 47.5 Å². The maximum atomic E-state index is 12.8. The van der Waals surface area contributed by atoms with E-state index in [-0.39, 0.29) is 26.1 Å². The van der Waals surface area contributed by atoms with Crippen LogP contribution in [0.5, 0.6) is 0 Å². The van der Waals surface area contributed by atoms with Crippen LogP contribution in [0.1, 0.15) is 165 Å². The van der Waals surface area contributed by atoms with Crippen LogP contribution in [0.2, 0.25) is 0 Å². The highest BCUT2D eigenvalue weighted by Gasteiger charge is 2.27. The molecular formula is C50H87NO11P+. The minimum atomic E-state index is -4.45. The molecule has 0 aliphatic heterocycles. The molecule has 1 aromatic heterocycles. The van der Waals surface area contributed by atoms with Crippen molar-refractivity contribution in [3.05, 3.63) is 71.3 Å². The van der Waals surface area contributed by atoms with Gasteiger partial charge in [0, 0.05) is 25.7 Å². The quantitative estimate of drug-likeness (QED) is 0.0144. The number of carbonyl (C=O) groups excluding carboxylic acids is 2. The van der Waals surface area contributed by atoms with Crippen molar-refractivity contribution < 1.29 is 56.7 Å². The predicted octanol–water partition coefficient (Wildman–Crippen LogP) is 11.1. The van der Waals surface area contributed by atoms with Gasteiger partial charge in [-0.15, -0.1) is 0 Å². The van der Waals surface area contributed by atoms with Gasteiger partial charge in [0.05, 0.1) is 40.0 Å². The smallest absolute Gasteiger partial charge is 0.466 e. The highest BCUT2D eigenvalue weighted by atomic mass is 31.2. The van der Waals surface area contributed by atoms with Gasteiger partial charge in [0.1, 0.15) is 31.3 Å². The van der Waals surface area contributed by atoms with Crippen LogP contribution in [-0.2, 0) is 45.5 Å². The zero-order valence-electron chi connectivity index (χ0n) is 40.2. The number of ether oxygens (including phenoxy) is 2. The van der Waals surface area contributed by atoms with Gasteiger partial charge in [-0.05, 0) is 76.3 Å². The maximum Gasteiger partial charge on any atom is 0.472 e. The Morgan fingerprint density at radius 1 is 0.683 bits per heavy atom. The highest BCUT2D eigenvalue weighted by molar-refractivity contribution is 7.47. The number of quaternary nitrogens is 1. The average Bonchev–Trinajstić information content (AvgIpc) is 3.49. The summed E-state index contributed by atoms with van der Waals surface area (Å²) >= 11 is 0. The molecule has 0 bridgehead atoms. The Bertz CT molecular complexity index is 1530. The first-order valence-electron chi connectivity index (χ1n) is 23.9. The van der Waals surface area contributed by atoms with E-state index in [4.69, 9.17) is 22.9 Å². The summed E-state index contributed by atoms with van der Waals surface area (Å²) in [5, 5.41) is 20.4. The van der Waals surface area contributed by atoms with E-state index >= 15 is 0 Å². The molecule has 1 rings (SSSR count). The number of aliphatic hydroxyl groups excluding tert-OH is 2. The van der Waals surface area contributed by atoms with E-state index in [1.165, 1.54) is 49.7 Å². The van der Waals surface area contributed by atoms with Gasteiger partial charge in [-0.2, -0.15) is 0 Å².